The second kappa shape index (κ2) is 6.83. The van der Waals surface area contributed by atoms with Gasteiger partial charge in [0.1, 0.15) is 0 Å². The number of hydrogen-bond acceptors (Lipinski definition) is 4. The number of aliphatic hydroxyl groups is 1. The van der Waals surface area contributed by atoms with Gasteiger partial charge in [-0.05, 0) is 19.5 Å². The quantitative estimate of drug-likeness (QED) is 0.679. The van der Waals surface area contributed by atoms with Crippen LogP contribution in [0.1, 0.15) is 13.3 Å². The van der Waals surface area contributed by atoms with Crippen LogP contribution in [-0.4, -0.2) is 71.9 Å². The zero-order chi connectivity index (χ0) is 12.0. The van der Waals surface area contributed by atoms with E-state index in [1.54, 1.807) is 6.92 Å². The Morgan fingerprint density at radius 3 is 2.50 bits per heavy atom. The first-order valence-electron chi connectivity index (χ1n) is 5.92. The van der Waals surface area contributed by atoms with Gasteiger partial charge in [-0.2, -0.15) is 0 Å². The van der Waals surface area contributed by atoms with Crippen molar-refractivity contribution in [2.24, 2.45) is 5.92 Å². The van der Waals surface area contributed by atoms with Crippen molar-refractivity contribution in [2.45, 2.75) is 13.3 Å². The third kappa shape index (κ3) is 4.47. The SMILES string of the molecule is CC(CN1CCCN(CCO)CC1)C(=O)O. The molecular weight excluding hydrogens is 208 g/mol. The van der Waals surface area contributed by atoms with Crippen molar-refractivity contribution >= 4 is 5.97 Å². The van der Waals surface area contributed by atoms with Gasteiger partial charge >= 0.3 is 5.97 Å². The van der Waals surface area contributed by atoms with Crippen LogP contribution in [0.15, 0.2) is 0 Å². The molecule has 1 atom stereocenters. The second-order valence-corrected chi connectivity index (χ2v) is 4.46. The molecule has 1 fully saturated rings. The highest BCUT2D eigenvalue weighted by Crippen LogP contribution is 2.06. The lowest BCUT2D eigenvalue weighted by molar-refractivity contribution is -0.141. The monoisotopic (exact) mass is 230 g/mol. The van der Waals surface area contributed by atoms with E-state index in [0.29, 0.717) is 6.54 Å². The number of carboxylic acid groups (broad SMARTS) is 1. The molecule has 1 unspecified atom stereocenters. The summed E-state index contributed by atoms with van der Waals surface area (Å²) in [5.74, 6) is -1.03. The van der Waals surface area contributed by atoms with E-state index in [0.717, 1.165) is 39.1 Å². The van der Waals surface area contributed by atoms with Gasteiger partial charge < -0.3 is 15.1 Å². The smallest absolute Gasteiger partial charge is 0.307 e. The fraction of sp³-hybridized carbons (Fsp3) is 0.909. The van der Waals surface area contributed by atoms with Crippen LogP contribution < -0.4 is 0 Å². The predicted octanol–water partition coefficient (Wildman–Crippen LogP) is -0.293. The number of hydrogen-bond donors (Lipinski definition) is 2. The summed E-state index contributed by atoms with van der Waals surface area (Å²) in [6, 6.07) is 0. The topological polar surface area (TPSA) is 64.0 Å². The Balaban J connectivity index is 2.32. The minimum absolute atomic E-state index is 0.200. The van der Waals surface area contributed by atoms with Crippen LogP contribution in [0.5, 0.6) is 0 Å². The molecule has 5 nitrogen and oxygen atoms in total. The molecule has 1 heterocycles. The van der Waals surface area contributed by atoms with Gasteiger partial charge in [0.15, 0.2) is 0 Å². The first-order chi connectivity index (χ1) is 7.63. The maximum Gasteiger partial charge on any atom is 0.307 e. The summed E-state index contributed by atoms with van der Waals surface area (Å²) in [6.07, 6.45) is 1.05. The molecule has 1 rings (SSSR count). The van der Waals surface area contributed by atoms with Crippen LogP contribution in [0.3, 0.4) is 0 Å². The summed E-state index contributed by atoms with van der Waals surface area (Å²) in [6.45, 7) is 7.08. The molecule has 0 spiro atoms. The van der Waals surface area contributed by atoms with Gasteiger partial charge in [-0.1, -0.05) is 6.92 Å². The molecule has 2 N–H and O–H groups in total. The molecular formula is C11H22N2O3. The predicted molar refractivity (Wildman–Crippen MR) is 61.4 cm³/mol. The Bertz CT molecular complexity index is 223. The third-order valence-corrected chi connectivity index (χ3v) is 3.05. The number of carbonyl (C=O) groups is 1. The molecule has 1 saturated heterocycles. The van der Waals surface area contributed by atoms with Crippen LogP contribution in [0, 0.1) is 5.92 Å². The van der Waals surface area contributed by atoms with E-state index in [1.807, 2.05) is 0 Å². The molecule has 1 aliphatic heterocycles. The number of aliphatic carboxylic acids is 1. The van der Waals surface area contributed by atoms with Crippen LogP contribution in [0.4, 0.5) is 0 Å². The first-order valence-corrected chi connectivity index (χ1v) is 5.92. The Hall–Kier alpha value is -0.650. The van der Waals surface area contributed by atoms with Crippen LogP contribution in [-0.2, 0) is 4.79 Å². The van der Waals surface area contributed by atoms with E-state index in [9.17, 15) is 4.79 Å². The second-order valence-electron chi connectivity index (χ2n) is 4.46. The van der Waals surface area contributed by atoms with Crippen molar-refractivity contribution in [1.82, 2.24) is 9.80 Å². The summed E-state index contributed by atoms with van der Waals surface area (Å²) in [5, 5.41) is 17.7. The van der Waals surface area contributed by atoms with E-state index in [2.05, 4.69) is 9.80 Å². The molecule has 0 aromatic rings. The third-order valence-electron chi connectivity index (χ3n) is 3.05. The molecule has 0 aromatic carbocycles. The normalized spacial score (nSPS) is 21.6. The Kier molecular flexibility index (Phi) is 5.73. The molecule has 0 saturated carbocycles. The number of rotatable bonds is 5. The van der Waals surface area contributed by atoms with E-state index in [-0.39, 0.29) is 12.5 Å². The molecule has 0 aromatic heterocycles. The van der Waals surface area contributed by atoms with E-state index < -0.39 is 5.97 Å². The lowest BCUT2D eigenvalue weighted by Gasteiger charge is -2.22. The standard InChI is InChI=1S/C11H22N2O3/c1-10(11(15)16)9-13-4-2-3-12(5-6-13)7-8-14/h10,14H,2-9H2,1H3,(H,15,16). The van der Waals surface area contributed by atoms with Gasteiger partial charge in [-0.15, -0.1) is 0 Å². The maximum atomic E-state index is 10.8. The molecule has 16 heavy (non-hydrogen) atoms. The summed E-state index contributed by atoms with van der Waals surface area (Å²) < 4.78 is 0. The first kappa shape index (κ1) is 13.4. The van der Waals surface area contributed by atoms with E-state index >= 15 is 0 Å². The Morgan fingerprint density at radius 1 is 1.25 bits per heavy atom. The molecule has 94 valence electrons. The van der Waals surface area contributed by atoms with Crippen molar-refractivity contribution in [2.75, 3.05) is 45.9 Å². The molecule has 1 aliphatic rings. The largest absolute Gasteiger partial charge is 0.481 e. The molecule has 0 bridgehead atoms. The highest BCUT2D eigenvalue weighted by molar-refractivity contribution is 5.69. The van der Waals surface area contributed by atoms with Crippen LogP contribution in [0.2, 0.25) is 0 Å². The van der Waals surface area contributed by atoms with E-state index in [1.165, 1.54) is 0 Å². The van der Waals surface area contributed by atoms with Crippen molar-refractivity contribution in [3.8, 4) is 0 Å². The van der Waals surface area contributed by atoms with Crippen LogP contribution >= 0.6 is 0 Å². The highest BCUT2D eigenvalue weighted by Gasteiger charge is 2.19. The zero-order valence-corrected chi connectivity index (χ0v) is 9.93. The molecule has 0 amide bonds. The van der Waals surface area contributed by atoms with Gasteiger partial charge in [0.25, 0.3) is 0 Å². The zero-order valence-electron chi connectivity index (χ0n) is 9.93. The van der Waals surface area contributed by atoms with Crippen molar-refractivity contribution in [3.05, 3.63) is 0 Å². The average molecular weight is 230 g/mol. The number of β-amino-alcohol motifs (C(OH)–C–C–N with tert-alkyl or cyclic N) is 1. The van der Waals surface area contributed by atoms with Crippen molar-refractivity contribution in [3.63, 3.8) is 0 Å². The highest BCUT2D eigenvalue weighted by atomic mass is 16.4. The molecule has 5 heteroatoms. The summed E-state index contributed by atoms with van der Waals surface area (Å²) in [7, 11) is 0. The lowest BCUT2D eigenvalue weighted by Crippen LogP contribution is -2.36. The molecule has 0 radical (unpaired) electrons. The number of aliphatic hydroxyl groups excluding tert-OH is 1. The van der Waals surface area contributed by atoms with Gasteiger partial charge in [0, 0.05) is 26.2 Å². The fourth-order valence-electron chi connectivity index (χ4n) is 2.04. The van der Waals surface area contributed by atoms with Gasteiger partial charge in [0.2, 0.25) is 0 Å². The van der Waals surface area contributed by atoms with E-state index in [4.69, 9.17) is 10.2 Å². The Morgan fingerprint density at radius 2 is 1.88 bits per heavy atom. The Labute approximate surface area is 96.7 Å². The average Bonchev–Trinajstić information content (AvgIpc) is 2.44. The summed E-state index contributed by atoms with van der Waals surface area (Å²) in [5.41, 5.74) is 0. The number of nitrogens with zero attached hydrogens (tertiary/aromatic N) is 2. The minimum atomic E-state index is -0.725. The fourth-order valence-corrected chi connectivity index (χ4v) is 2.04. The van der Waals surface area contributed by atoms with Crippen molar-refractivity contribution in [1.29, 1.82) is 0 Å². The summed E-state index contributed by atoms with van der Waals surface area (Å²) >= 11 is 0. The maximum absolute atomic E-state index is 10.8. The van der Waals surface area contributed by atoms with Crippen LogP contribution in [0.25, 0.3) is 0 Å². The van der Waals surface area contributed by atoms with Crippen molar-refractivity contribution < 1.29 is 15.0 Å². The number of carboxylic acids is 1. The summed E-state index contributed by atoms with van der Waals surface area (Å²) in [4.78, 5) is 15.2. The minimum Gasteiger partial charge on any atom is -0.481 e. The van der Waals surface area contributed by atoms with Gasteiger partial charge in [-0.3, -0.25) is 9.69 Å². The van der Waals surface area contributed by atoms with Gasteiger partial charge in [0.05, 0.1) is 12.5 Å². The lowest BCUT2D eigenvalue weighted by atomic mass is 10.1. The molecule has 0 aliphatic carbocycles. The van der Waals surface area contributed by atoms with Gasteiger partial charge in [-0.25, -0.2) is 0 Å².